The summed E-state index contributed by atoms with van der Waals surface area (Å²) in [4.78, 5) is 0. The molecule has 0 aliphatic carbocycles. The van der Waals surface area contributed by atoms with Crippen molar-refractivity contribution in [2.75, 3.05) is 5.75 Å². The Morgan fingerprint density at radius 2 is 0.958 bits per heavy atom. The maximum Gasteiger partial charge on any atom is 1.00 e. The van der Waals surface area contributed by atoms with Crippen LogP contribution in [0.5, 0.6) is 0 Å². The normalized spacial score (nSPS) is 11.4. The van der Waals surface area contributed by atoms with Crippen LogP contribution in [0.4, 0.5) is 0 Å². The molecular formula is C18H39NaO4S. The largest absolute Gasteiger partial charge is 1.00 e. The summed E-state index contributed by atoms with van der Waals surface area (Å²) in [6.07, 6.45) is 20.1. The third kappa shape index (κ3) is 20.9. The summed E-state index contributed by atoms with van der Waals surface area (Å²) < 4.78 is 25.2. The first-order valence-corrected chi connectivity index (χ1v) is 11.3. The van der Waals surface area contributed by atoms with E-state index in [9.17, 15) is 8.42 Å². The van der Waals surface area contributed by atoms with Gasteiger partial charge in [-0.1, -0.05) is 103 Å². The molecule has 0 atom stereocenters. The second-order valence-electron chi connectivity index (χ2n) is 6.64. The Labute approximate surface area is 174 Å². The summed E-state index contributed by atoms with van der Waals surface area (Å²) >= 11 is 0. The standard InChI is InChI=1S/C18H38O4S.Na.H/c1-2-3-4-5-6-7-8-9-10-11-12-13-14-15-16-17-18-23(20,21)22-19;;/h19H,2-18H2,1H3;;/q;+1;-1. The molecule has 0 saturated heterocycles. The number of unbranched alkanes of at least 4 members (excludes halogenated alkanes) is 15. The average Bonchev–Trinajstić information content (AvgIpc) is 2.54. The van der Waals surface area contributed by atoms with Crippen LogP contribution in [0.1, 0.15) is 111 Å². The molecule has 142 valence electrons. The van der Waals surface area contributed by atoms with Crippen molar-refractivity contribution < 1.29 is 49.0 Å². The van der Waals surface area contributed by atoms with Gasteiger partial charge in [0.25, 0.3) is 10.1 Å². The van der Waals surface area contributed by atoms with Crippen LogP contribution in [0.15, 0.2) is 0 Å². The van der Waals surface area contributed by atoms with E-state index in [-0.39, 0.29) is 36.7 Å². The van der Waals surface area contributed by atoms with E-state index < -0.39 is 10.1 Å². The second-order valence-corrected chi connectivity index (χ2v) is 8.31. The van der Waals surface area contributed by atoms with E-state index in [2.05, 4.69) is 11.3 Å². The van der Waals surface area contributed by atoms with Gasteiger partial charge in [-0.3, -0.25) is 0 Å². The summed E-state index contributed by atoms with van der Waals surface area (Å²) in [5.41, 5.74) is 0. The maximum absolute atomic E-state index is 10.9. The van der Waals surface area contributed by atoms with E-state index in [4.69, 9.17) is 5.26 Å². The van der Waals surface area contributed by atoms with Crippen molar-refractivity contribution in [3.63, 3.8) is 0 Å². The van der Waals surface area contributed by atoms with Crippen LogP contribution in [-0.2, 0) is 14.5 Å². The van der Waals surface area contributed by atoms with Crippen molar-refractivity contribution in [3.05, 3.63) is 0 Å². The SMILES string of the molecule is CCCCCCCCCCCCCCCCCCS(=O)(=O)OO.[H-].[Na+]. The van der Waals surface area contributed by atoms with E-state index in [0.717, 1.165) is 12.8 Å². The van der Waals surface area contributed by atoms with Gasteiger partial charge in [-0.25, -0.2) is 5.26 Å². The van der Waals surface area contributed by atoms with E-state index in [1.165, 1.54) is 83.5 Å². The molecule has 24 heavy (non-hydrogen) atoms. The molecule has 4 nitrogen and oxygen atoms in total. The number of hydrogen-bond donors (Lipinski definition) is 1. The summed E-state index contributed by atoms with van der Waals surface area (Å²) in [7, 11) is -3.68. The van der Waals surface area contributed by atoms with Crippen LogP contribution in [0, 0.1) is 0 Å². The minimum Gasteiger partial charge on any atom is -1.00 e. The van der Waals surface area contributed by atoms with Gasteiger partial charge >= 0.3 is 29.6 Å². The third-order valence-electron chi connectivity index (χ3n) is 4.36. The van der Waals surface area contributed by atoms with Gasteiger partial charge in [0, 0.05) is 0 Å². The quantitative estimate of drug-likeness (QED) is 0.173. The molecule has 0 radical (unpaired) electrons. The van der Waals surface area contributed by atoms with Gasteiger partial charge in [-0.05, 0) is 6.42 Å². The van der Waals surface area contributed by atoms with Crippen LogP contribution < -0.4 is 29.6 Å². The Kier molecular flexibility index (Phi) is 22.8. The van der Waals surface area contributed by atoms with E-state index >= 15 is 0 Å². The Bertz CT molecular complexity index is 340. The predicted octanol–water partition coefficient (Wildman–Crippen LogP) is 3.18. The molecule has 0 amide bonds. The molecular weight excluding hydrogens is 335 g/mol. The zero-order valence-electron chi connectivity index (χ0n) is 17.1. The number of rotatable bonds is 18. The van der Waals surface area contributed by atoms with Gasteiger partial charge in [0.1, 0.15) is 0 Å². The molecule has 0 unspecified atom stereocenters. The van der Waals surface area contributed by atoms with Crippen molar-refractivity contribution in [2.24, 2.45) is 0 Å². The van der Waals surface area contributed by atoms with Crippen LogP contribution in [0.2, 0.25) is 0 Å². The summed E-state index contributed by atoms with van der Waals surface area (Å²) in [6.45, 7) is 2.26. The molecule has 0 saturated carbocycles. The maximum atomic E-state index is 10.9. The first-order chi connectivity index (χ1) is 11.1. The first kappa shape index (κ1) is 27.1. The fraction of sp³-hybridized carbons (Fsp3) is 1.00. The van der Waals surface area contributed by atoms with Crippen LogP contribution >= 0.6 is 0 Å². The summed E-state index contributed by atoms with van der Waals surface area (Å²) in [5, 5.41) is 8.13. The molecule has 0 aromatic heterocycles. The Morgan fingerprint density at radius 3 is 1.25 bits per heavy atom. The van der Waals surface area contributed by atoms with Crippen LogP contribution in [-0.4, -0.2) is 19.4 Å². The molecule has 0 aliphatic rings. The molecule has 0 rings (SSSR count). The zero-order valence-corrected chi connectivity index (χ0v) is 18.9. The molecule has 0 aromatic rings. The molecule has 0 fully saturated rings. The van der Waals surface area contributed by atoms with E-state index in [0.29, 0.717) is 6.42 Å². The molecule has 0 spiro atoms. The zero-order chi connectivity index (χ0) is 17.2. The van der Waals surface area contributed by atoms with Crippen molar-refractivity contribution in [3.8, 4) is 0 Å². The molecule has 6 heteroatoms. The Morgan fingerprint density at radius 1 is 0.667 bits per heavy atom. The molecule has 1 N–H and O–H groups in total. The molecule has 0 heterocycles. The van der Waals surface area contributed by atoms with Gasteiger partial charge < -0.3 is 1.43 Å². The van der Waals surface area contributed by atoms with E-state index in [1.54, 1.807) is 0 Å². The fourth-order valence-electron chi connectivity index (χ4n) is 2.86. The minimum atomic E-state index is -3.68. The predicted molar refractivity (Wildman–Crippen MR) is 98.2 cm³/mol. The van der Waals surface area contributed by atoms with Gasteiger partial charge in [-0.15, -0.1) is 4.33 Å². The molecule has 0 aliphatic heterocycles. The Hall–Kier alpha value is 0.870. The van der Waals surface area contributed by atoms with Gasteiger partial charge in [0.2, 0.25) is 0 Å². The summed E-state index contributed by atoms with van der Waals surface area (Å²) in [6, 6.07) is 0. The van der Waals surface area contributed by atoms with Gasteiger partial charge in [0.05, 0.1) is 5.75 Å². The van der Waals surface area contributed by atoms with Crippen LogP contribution in [0.25, 0.3) is 0 Å². The smallest absolute Gasteiger partial charge is 1.00 e. The minimum absolute atomic E-state index is 0. The monoisotopic (exact) mass is 374 g/mol. The second kappa shape index (κ2) is 20.2. The van der Waals surface area contributed by atoms with Crippen molar-refractivity contribution in [1.82, 2.24) is 0 Å². The van der Waals surface area contributed by atoms with Gasteiger partial charge in [-0.2, -0.15) is 8.42 Å². The molecule has 0 aromatic carbocycles. The molecule has 0 bridgehead atoms. The Balaban J connectivity index is -0.00000242. The summed E-state index contributed by atoms with van der Waals surface area (Å²) in [5.74, 6) is -0.0814. The average molecular weight is 375 g/mol. The first-order valence-electron chi connectivity index (χ1n) is 9.68. The van der Waals surface area contributed by atoms with Crippen molar-refractivity contribution in [1.29, 1.82) is 0 Å². The van der Waals surface area contributed by atoms with E-state index in [1.807, 2.05) is 0 Å². The van der Waals surface area contributed by atoms with Gasteiger partial charge in [0.15, 0.2) is 0 Å². The fourth-order valence-corrected chi connectivity index (χ4v) is 3.50. The van der Waals surface area contributed by atoms with Crippen molar-refractivity contribution >= 4 is 10.1 Å². The topological polar surface area (TPSA) is 63.6 Å². The third-order valence-corrected chi connectivity index (χ3v) is 5.38. The van der Waals surface area contributed by atoms with Crippen LogP contribution in [0.3, 0.4) is 0 Å². The van der Waals surface area contributed by atoms with Crippen molar-refractivity contribution in [2.45, 2.75) is 110 Å². The number of hydrogen-bond acceptors (Lipinski definition) is 4.